The van der Waals surface area contributed by atoms with Crippen molar-refractivity contribution in [2.45, 2.75) is 19.8 Å². The summed E-state index contributed by atoms with van der Waals surface area (Å²) in [6, 6.07) is 4.60. The lowest BCUT2D eigenvalue weighted by atomic mass is 10.0. The minimum Gasteiger partial charge on any atom is -0.384 e. The maximum Gasteiger partial charge on any atom is 0.141 e. The number of benzene rings is 1. The fourth-order valence-electron chi connectivity index (χ4n) is 1.95. The van der Waals surface area contributed by atoms with E-state index in [-0.39, 0.29) is 5.02 Å². The maximum absolute atomic E-state index is 13.2. The molecule has 1 aromatic carbocycles. The summed E-state index contributed by atoms with van der Waals surface area (Å²) >= 11 is 5.80. The van der Waals surface area contributed by atoms with Gasteiger partial charge < -0.3 is 5.73 Å². The monoisotopic (exact) mass is 267 g/mol. The number of nitrogens with zero attached hydrogens (tertiary/aromatic N) is 2. The third kappa shape index (κ3) is 2.20. The predicted octanol–water partition coefficient (Wildman–Crippen LogP) is 3.41. The van der Waals surface area contributed by atoms with E-state index in [0.717, 1.165) is 29.7 Å². The van der Waals surface area contributed by atoms with Crippen LogP contribution >= 0.6 is 11.6 Å². The van der Waals surface area contributed by atoms with Crippen molar-refractivity contribution in [1.29, 1.82) is 0 Å². The molecule has 1 aromatic heterocycles. The number of aryl methyl sites for hydroxylation is 1. The molecule has 0 aliphatic carbocycles. The highest BCUT2D eigenvalue weighted by Gasteiger charge is 2.15. The number of hydrogen-bond acceptors (Lipinski definition) is 2. The first kappa shape index (κ1) is 12.9. The lowest BCUT2D eigenvalue weighted by Gasteiger charge is -2.03. The van der Waals surface area contributed by atoms with Crippen molar-refractivity contribution < 1.29 is 4.39 Å². The topological polar surface area (TPSA) is 43.8 Å². The van der Waals surface area contributed by atoms with E-state index in [1.54, 1.807) is 23.9 Å². The summed E-state index contributed by atoms with van der Waals surface area (Å²) in [5.41, 5.74) is 8.54. The Hall–Kier alpha value is -1.55. The van der Waals surface area contributed by atoms with Crippen molar-refractivity contribution in [2.75, 3.05) is 5.73 Å². The van der Waals surface area contributed by atoms with E-state index in [1.807, 2.05) is 0 Å². The third-order valence-electron chi connectivity index (χ3n) is 2.89. The summed E-state index contributed by atoms with van der Waals surface area (Å²) in [6.07, 6.45) is 1.81. The Bertz CT molecular complexity index is 578. The quantitative estimate of drug-likeness (QED) is 0.926. The summed E-state index contributed by atoms with van der Waals surface area (Å²) in [4.78, 5) is 0. The normalized spacial score (nSPS) is 10.9. The van der Waals surface area contributed by atoms with Crippen molar-refractivity contribution in [3.05, 3.63) is 34.6 Å². The van der Waals surface area contributed by atoms with Gasteiger partial charge >= 0.3 is 0 Å². The largest absolute Gasteiger partial charge is 0.384 e. The van der Waals surface area contributed by atoms with Gasteiger partial charge in [-0.1, -0.05) is 24.9 Å². The molecule has 0 aliphatic heterocycles. The number of rotatable bonds is 3. The first-order valence-corrected chi connectivity index (χ1v) is 6.19. The van der Waals surface area contributed by atoms with Gasteiger partial charge in [0.25, 0.3) is 0 Å². The summed E-state index contributed by atoms with van der Waals surface area (Å²) in [7, 11) is 1.79. The highest BCUT2D eigenvalue weighted by atomic mass is 35.5. The van der Waals surface area contributed by atoms with Gasteiger partial charge in [-0.3, -0.25) is 4.68 Å². The Morgan fingerprint density at radius 2 is 2.17 bits per heavy atom. The molecule has 2 aromatic rings. The van der Waals surface area contributed by atoms with Gasteiger partial charge in [-0.15, -0.1) is 0 Å². The minimum absolute atomic E-state index is 0.0965. The van der Waals surface area contributed by atoms with Crippen LogP contribution in [-0.2, 0) is 13.5 Å². The van der Waals surface area contributed by atoms with Crippen LogP contribution in [0.2, 0.25) is 5.02 Å². The Morgan fingerprint density at radius 3 is 2.78 bits per heavy atom. The molecule has 0 bridgehead atoms. The van der Waals surface area contributed by atoms with Gasteiger partial charge in [-0.25, -0.2) is 4.39 Å². The van der Waals surface area contributed by atoms with Gasteiger partial charge in [0.2, 0.25) is 0 Å². The molecule has 0 unspecified atom stereocenters. The average Bonchev–Trinajstić information content (AvgIpc) is 2.61. The van der Waals surface area contributed by atoms with E-state index in [2.05, 4.69) is 12.0 Å². The van der Waals surface area contributed by atoms with Gasteiger partial charge in [0.15, 0.2) is 0 Å². The first-order valence-electron chi connectivity index (χ1n) is 5.81. The molecular formula is C13H15ClFN3. The molecule has 0 saturated heterocycles. The molecule has 2 N–H and O–H groups in total. The molecule has 3 nitrogen and oxygen atoms in total. The molecule has 96 valence electrons. The number of anilines is 1. The summed E-state index contributed by atoms with van der Waals surface area (Å²) in [5, 5.41) is 4.48. The van der Waals surface area contributed by atoms with Gasteiger partial charge in [0.1, 0.15) is 11.6 Å². The van der Waals surface area contributed by atoms with Crippen molar-refractivity contribution in [1.82, 2.24) is 9.78 Å². The zero-order valence-electron chi connectivity index (χ0n) is 10.4. The maximum atomic E-state index is 13.2. The Labute approximate surface area is 110 Å². The van der Waals surface area contributed by atoms with Crippen molar-refractivity contribution >= 4 is 17.4 Å². The second kappa shape index (κ2) is 4.98. The van der Waals surface area contributed by atoms with Gasteiger partial charge in [-0.2, -0.15) is 5.10 Å². The van der Waals surface area contributed by atoms with E-state index in [1.165, 1.54) is 6.07 Å². The zero-order chi connectivity index (χ0) is 13.3. The van der Waals surface area contributed by atoms with Crippen LogP contribution in [0.3, 0.4) is 0 Å². The van der Waals surface area contributed by atoms with Crippen molar-refractivity contribution in [3.63, 3.8) is 0 Å². The van der Waals surface area contributed by atoms with E-state index in [4.69, 9.17) is 17.3 Å². The Morgan fingerprint density at radius 1 is 1.44 bits per heavy atom. The number of nitrogens with two attached hydrogens (primary N) is 1. The van der Waals surface area contributed by atoms with Crippen LogP contribution in [0.4, 0.5) is 10.2 Å². The van der Waals surface area contributed by atoms with Crippen LogP contribution in [-0.4, -0.2) is 9.78 Å². The molecule has 0 radical (unpaired) electrons. The summed E-state index contributed by atoms with van der Waals surface area (Å²) in [6.45, 7) is 2.08. The molecular weight excluding hydrogens is 253 g/mol. The summed E-state index contributed by atoms with van der Waals surface area (Å²) < 4.78 is 14.8. The number of halogens is 2. The van der Waals surface area contributed by atoms with E-state index < -0.39 is 5.82 Å². The zero-order valence-corrected chi connectivity index (χ0v) is 11.1. The number of hydrogen-bond donors (Lipinski definition) is 1. The Kier molecular flexibility index (Phi) is 3.57. The second-order valence-corrected chi connectivity index (χ2v) is 4.62. The molecule has 0 amide bonds. The average molecular weight is 268 g/mol. The van der Waals surface area contributed by atoms with Gasteiger partial charge in [-0.05, 0) is 24.6 Å². The fourth-order valence-corrected chi connectivity index (χ4v) is 2.13. The fraction of sp³-hybridized carbons (Fsp3) is 0.308. The highest BCUT2D eigenvalue weighted by Crippen LogP contribution is 2.30. The highest BCUT2D eigenvalue weighted by molar-refractivity contribution is 6.31. The summed E-state index contributed by atoms with van der Waals surface area (Å²) in [5.74, 6) is 0.216. The lowest BCUT2D eigenvalue weighted by molar-refractivity contribution is 0.628. The van der Waals surface area contributed by atoms with Gasteiger partial charge in [0, 0.05) is 18.2 Å². The standard InChI is InChI=1S/C13H15ClFN3/c1-3-4-9-12(17-18(2)13(9)16)8-5-6-11(15)10(14)7-8/h5-7H,3-4,16H2,1-2H3. The minimum atomic E-state index is -0.429. The van der Waals surface area contributed by atoms with E-state index >= 15 is 0 Å². The lowest BCUT2D eigenvalue weighted by Crippen LogP contribution is -1.99. The predicted molar refractivity (Wildman–Crippen MR) is 72.0 cm³/mol. The van der Waals surface area contributed by atoms with Gasteiger partial charge in [0.05, 0.1) is 10.7 Å². The molecule has 5 heteroatoms. The number of aromatic nitrogens is 2. The van der Waals surface area contributed by atoms with E-state index in [9.17, 15) is 4.39 Å². The molecule has 0 saturated carbocycles. The van der Waals surface area contributed by atoms with Crippen LogP contribution in [0.5, 0.6) is 0 Å². The SMILES string of the molecule is CCCc1c(-c2ccc(F)c(Cl)c2)nn(C)c1N. The van der Waals surface area contributed by atoms with Crippen LogP contribution in [0.1, 0.15) is 18.9 Å². The van der Waals surface area contributed by atoms with Crippen molar-refractivity contribution in [3.8, 4) is 11.3 Å². The molecule has 0 atom stereocenters. The van der Waals surface area contributed by atoms with Crippen LogP contribution in [0.25, 0.3) is 11.3 Å². The molecule has 0 aliphatic rings. The molecule has 2 rings (SSSR count). The molecule has 1 heterocycles. The van der Waals surface area contributed by atoms with Crippen LogP contribution < -0.4 is 5.73 Å². The van der Waals surface area contributed by atoms with Crippen LogP contribution in [0, 0.1) is 5.82 Å². The third-order valence-corrected chi connectivity index (χ3v) is 3.18. The first-order chi connectivity index (χ1) is 8.54. The molecule has 18 heavy (non-hydrogen) atoms. The smallest absolute Gasteiger partial charge is 0.141 e. The van der Waals surface area contributed by atoms with Crippen LogP contribution in [0.15, 0.2) is 18.2 Å². The Balaban J connectivity index is 2.55. The van der Waals surface area contributed by atoms with Crippen molar-refractivity contribution in [2.24, 2.45) is 7.05 Å². The second-order valence-electron chi connectivity index (χ2n) is 4.21. The number of nitrogen functional groups attached to an aromatic ring is 1. The molecule has 0 spiro atoms. The molecule has 0 fully saturated rings. The van der Waals surface area contributed by atoms with E-state index in [0.29, 0.717) is 5.82 Å².